The standard InChI is InChI=1S/C22H23BrN4O4/c1-15-12-17(6-7-18(15)23)26-14-16(13-21(26)28)22(29)25-10-8-24(9-11-25)19-4-2-3-5-20(19)27(30)31/h2-7,12,16H,8-11,13-14H2,1H3. The van der Waals surface area contributed by atoms with Gasteiger partial charge in [-0.3, -0.25) is 19.7 Å². The van der Waals surface area contributed by atoms with Gasteiger partial charge in [0.25, 0.3) is 5.69 Å². The van der Waals surface area contributed by atoms with E-state index in [1.54, 1.807) is 28.0 Å². The fourth-order valence-electron chi connectivity index (χ4n) is 4.23. The van der Waals surface area contributed by atoms with Crippen molar-refractivity contribution in [2.24, 2.45) is 5.92 Å². The molecule has 0 saturated carbocycles. The molecular weight excluding hydrogens is 464 g/mol. The van der Waals surface area contributed by atoms with Gasteiger partial charge >= 0.3 is 0 Å². The van der Waals surface area contributed by atoms with E-state index < -0.39 is 0 Å². The lowest BCUT2D eigenvalue weighted by Crippen LogP contribution is -2.50. The Kier molecular flexibility index (Phi) is 5.95. The molecular formula is C22H23BrN4O4. The number of halogens is 1. The van der Waals surface area contributed by atoms with E-state index >= 15 is 0 Å². The molecule has 2 aliphatic rings. The maximum atomic E-state index is 13.1. The average Bonchev–Trinajstić information content (AvgIpc) is 3.17. The van der Waals surface area contributed by atoms with Crippen LogP contribution in [0.1, 0.15) is 12.0 Å². The molecule has 2 aromatic carbocycles. The van der Waals surface area contributed by atoms with Crippen LogP contribution >= 0.6 is 15.9 Å². The van der Waals surface area contributed by atoms with Gasteiger partial charge in [-0.15, -0.1) is 0 Å². The fourth-order valence-corrected chi connectivity index (χ4v) is 4.48. The lowest BCUT2D eigenvalue weighted by molar-refractivity contribution is -0.384. The highest BCUT2D eigenvalue weighted by Gasteiger charge is 2.38. The molecule has 0 aliphatic carbocycles. The number of anilines is 2. The maximum absolute atomic E-state index is 13.1. The van der Waals surface area contributed by atoms with Crippen LogP contribution in [0.4, 0.5) is 17.1 Å². The summed E-state index contributed by atoms with van der Waals surface area (Å²) in [5.41, 5.74) is 2.49. The number of aryl methyl sites for hydroxylation is 1. The summed E-state index contributed by atoms with van der Waals surface area (Å²) in [6.07, 6.45) is 0.207. The van der Waals surface area contributed by atoms with Gasteiger partial charge in [-0.05, 0) is 36.8 Å². The van der Waals surface area contributed by atoms with E-state index in [9.17, 15) is 19.7 Å². The van der Waals surface area contributed by atoms with Gasteiger partial charge in [-0.1, -0.05) is 28.1 Å². The van der Waals surface area contributed by atoms with Crippen LogP contribution in [-0.2, 0) is 9.59 Å². The first-order chi connectivity index (χ1) is 14.8. The van der Waals surface area contributed by atoms with Crippen LogP contribution < -0.4 is 9.80 Å². The van der Waals surface area contributed by atoms with Crippen LogP contribution in [0.15, 0.2) is 46.9 Å². The lowest BCUT2D eigenvalue weighted by Gasteiger charge is -2.36. The molecule has 162 valence electrons. The Morgan fingerprint density at radius 2 is 1.84 bits per heavy atom. The van der Waals surface area contributed by atoms with Crippen LogP contribution in [-0.4, -0.2) is 54.4 Å². The first-order valence-electron chi connectivity index (χ1n) is 10.2. The van der Waals surface area contributed by atoms with E-state index in [0.717, 1.165) is 15.7 Å². The number of nitro groups is 1. The summed E-state index contributed by atoms with van der Waals surface area (Å²) in [7, 11) is 0. The molecule has 2 aromatic rings. The summed E-state index contributed by atoms with van der Waals surface area (Å²) in [6, 6.07) is 12.4. The van der Waals surface area contributed by atoms with Crippen molar-refractivity contribution in [1.29, 1.82) is 0 Å². The number of para-hydroxylation sites is 2. The number of amides is 2. The molecule has 31 heavy (non-hydrogen) atoms. The Morgan fingerprint density at radius 3 is 2.52 bits per heavy atom. The van der Waals surface area contributed by atoms with E-state index in [1.807, 2.05) is 30.0 Å². The highest BCUT2D eigenvalue weighted by molar-refractivity contribution is 9.10. The number of hydrogen-bond acceptors (Lipinski definition) is 5. The summed E-state index contributed by atoms with van der Waals surface area (Å²) in [4.78, 5) is 42.0. The summed E-state index contributed by atoms with van der Waals surface area (Å²) in [6.45, 7) is 4.34. The van der Waals surface area contributed by atoms with E-state index in [1.165, 1.54) is 6.07 Å². The Labute approximate surface area is 188 Å². The molecule has 0 radical (unpaired) electrons. The smallest absolute Gasteiger partial charge is 0.292 e. The van der Waals surface area contributed by atoms with Crippen molar-refractivity contribution in [3.05, 3.63) is 62.6 Å². The third kappa shape index (κ3) is 4.27. The summed E-state index contributed by atoms with van der Waals surface area (Å²) in [5, 5.41) is 11.3. The van der Waals surface area contributed by atoms with Crippen LogP contribution in [0.25, 0.3) is 0 Å². The lowest BCUT2D eigenvalue weighted by atomic mass is 10.1. The Bertz CT molecular complexity index is 1040. The minimum atomic E-state index is -0.380. The van der Waals surface area contributed by atoms with Crippen LogP contribution in [0.2, 0.25) is 0 Å². The van der Waals surface area contributed by atoms with Gasteiger partial charge < -0.3 is 14.7 Å². The number of carbonyl (C=O) groups is 2. The van der Waals surface area contributed by atoms with Gasteiger partial charge in [-0.2, -0.15) is 0 Å². The fraction of sp³-hybridized carbons (Fsp3) is 0.364. The maximum Gasteiger partial charge on any atom is 0.292 e. The van der Waals surface area contributed by atoms with Crippen molar-refractivity contribution >= 4 is 44.8 Å². The highest BCUT2D eigenvalue weighted by Crippen LogP contribution is 2.31. The molecule has 1 unspecified atom stereocenters. The van der Waals surface area contributed by atoms with E-state index in [2.05, 4.69) is 15.9 Å². The van der Waals surface area contributed by atoms with Gasteiger partial charge in [0.2, 0.25) is 11.8 Å². The van der Waals surface area contributed by atoms with Crippen molar-refractivity contribution in [2.75, 3.05) is 42.5 Å². The number of nitro benzene ring substituents is 1. The number of rotatable bonds is 4. The molecule has 9 heteroatoms. The third-order valence-corrected chi connectivity index (χ3v) is 6.83. The summed E-state index contributed by atoms with van der Waals surface area (Å²) in [5.74, 6) is -0.431. The number of nitrogens with zero attached hydrogens (tertiary/aromatic N) is 4. The Morgan fingerprint density at radius 1 is 1.13 bits per heavy atom. The van der Waals surface area contributed by atoms with Crippen molar-refractivity contribution < 1.29 is 14.5 Å². The van der Waals surface area contributed by atoms with E-state index in [-0.39, 0.29) is 34.8 Å². The molecule has 2 amide bonds. The van der Waals surface area contributed by atoms with Crippen LogP contribution in [0, 0.1) is 23.0 Å². The molecule has 0 bridgehead atoms. The number of hydrogen-bond donors (Lipinski definition) is 0. The predicted molar refractivity (Wildman–Crippen MR) is 121 cm³/mol. The third-order valence-electron chi connectivity index (χ3n) is 5.94. The second-order valence-corrected chi connectivity index (χ2v) is 8.75. The minimum absolute atomic E-state index is 0.0214. The quantitative estimate of drug-likeness (QED) is 0.488. The molecule has 8 nitrogen and oxygen atoms in total. The summed E-state index contributed by atoms with van der Waals surface area (Å²) >= 11 is 3.47. The molecule has 0 spiro atoms. The molecule has 0 N–H and O–H groups in total. The number of benzene rings is 2. The number of piperazine rings is 1. The first kappa shape index (κ1) is 21.3. The SMILES string of the molecule is Cc1cc(N2CC(C(=O)N3CCN(c4ccccc4[N+](=O)[O-])CC3)CC2=O)ccc1Br. The van der Waals surface area contributed by atoms with Crippen molar-refractivity contribution in [1.82, 2.24) is 4.90 Å². The van der Waals surface area contributed by atoms with Gasteiger partial charge in [0.15, 0.2) is 0 Å². The average molecular weight is 487 g/mol. The zero-order valence-corrected chi connectivity index (χ0v) is 18.7. The van der Waals surface area contributed by atoms with E-state index in [0.29, 0.717) is 38.4 Å². The van der Waals surface area contributed by atoms with Crippen LogP contribution in [0.5, 0.6) is 0 Å². The normalized spacial score (nSPS) is 19.1. The van der Waals surface area contributed by atoms with Gasteiger partial charge in [-0.25, -0.2) is 0 Å². The molecule has 2 fully saturated rings. The Hall–Kier alpha value is -2.94. The second-order valence-electron chi connectivity index (χ2n) is 7.90. The molecule has 2 heterocycles. The Balaban J connectivity index is 1.40. The number of carbonyl (C=O) groups excluding carboxylic acids is 2. The summed E-state index contributed by atoms with van der Waals surface area (Å²) < 4.78 is 0.979. The van der Waals surface area contributed by atoms with Crippen molar-refractivity contribution in [3.8, 4) is 0 Å². The molecule has 0 aromatic heterocycles. The first-order valence-corrected chi connectivity index (χ1v) is 11.0. The predicted octanol–water partition coefficient (Wildman–Crippen LogP) is 3.37. The molecule has 4 rings (SSSR count). The molecule has 1 atom stereocenters. The second kappa shape index (κ2) is 8.66. The van der Waals surface area contributed by atoms with E-state index in [4.69, 9.17) is 0 Å². The van der Waals surface area contributed by atoms with Crippen molar-refractivity contribution in [2.45, 2.75) is 13.3 Å². The minimum Gasteiger partial charge on any atom is -0.362 e. The highest BCUT2D eigenvalue weighted by atomic mass is 79.9. The zero-order valence-electron chi connectivity index (χ0n) is 17.2. The van der Waals surface area contributed by atoms with Gasteiger partial charge in [0.05, 0.1) is 10.8 Å². The van der Waals surface area contributed by atoms with Crippen LogP contribution in [0.3, 0.4) is 0 Å². The van der Waals surface area contributed by atoms with Gasteiger partial charge in [0, 0.05) is 55.4 Å². The monoisotopic (exact) mass is 486 g/mol. The topological polar surface area (TPSA) is 87.0 Å². The van der Waals surface area contributed by atoms with Gasteiger partial charge in [0.1, 0.15) is 5.69 Å². The largest absolute Gasteiger partial charge is 0.362 e. The zero-order chi connectivity index (χ0) is 22.1. The molecule has 2 saturated heterocycles. The van der Waals surface area contributed by atoms with Crippen molar-refractivity contribution in [3.63, 3.8) is 0 Å². The molecule has 2 aliphatic heterocycles.